The second-order valence-corrected chi connectivity index (χ2v) is 7.32. The molecule has 0 atom stereocenters. The number of oxazole rings is 1. The van der Waals surface area contributed by atoms with Crippen molar-refractivity contribution in [2.24, 2.45) is 5.92 Å². The van der Waals surface area contributed by atoms with Gasteiger partial charge in [0.25, 0.3) is 0 Å². The lowest BCUT2D eigenvalue weighted by molar-refractivity contribution is 0.112. The summed E-state index contributed by atoms with van der Waals surface area (Å²) < 4.78 is 24.5. The molecule has 1 heterocycles. The summed E-state index contributed by atoms with van der Waals surface area (Å²) in [6.45, 7) is 2.18. The Labute approximate surface area is 141 Å². The van der Waals surface area contributed by atoms with Gasteiger partial charge in [0.1, 0.15) is 17.9 Å². The molecule has 2 bridgehead atoms. The van der Waals surface area contributed by atoms with Gasteiger partial charge in [0.05, 0.1) is 6.33 Å². The van der Waals surface area contributed by atoms with Crippen molar-refractivity contribution >= 4 is 11.1 Å². The molecular weight excluding hydrogens is 305 g/mol. The third-order valence-corrected chi connectivity index (χ3v) is 5.94. The Morgan fingerprint density at radius 2 is 2.08 bits per heavy atom. The molecule has 4 heteroatoms. The van der Waals surface area contributed by atoms with E-state index in [2.05, 4.69) is 0 Å². The molecule has 128 valence electrons. The summed E-state index contributed by atoms with van der Waals surface area (Å²) in [6, 6.07) is 5.70. The van der Waals surface area contributed by atoms with E-state index in [9.17, 15) is 4.39 Å². The van der Waals surface area contributed by atoms with Crippen molar-refractivity contribution in [2.75, 3.05) is 6.61 Å². The van der Waals surface area contributed by atoms with Crippen molar-refractivity contribution in [3.8, 4) is 5.75 Å². The van der Waals surface area contributed by atoms with Crippen LogP contribution in [0.25, 0.3) is 11.1 Å². The van der Waals surface area contributed by atoms with Crippen LogP contribution in [0.15, 0.2) is 34.5 Å². The zero-order chi connectivity index (χ0) is 16.6. The van der Waals surface area contributed by atoms with E-state index in [1.807, 2.05) is 25.1 Å². The van der Waals surface area contributed by atoms with Gasteiger partial charge in [0.15, 0.2) is 5.58 Å². The molecule has 0 N–H and O–H groups in total. The van der Waals surface area contributed by atoms with E-state index >= 15 is 0 Å². The largest absolute Gasteiger partial charge is 0.489 e. The second-order valence-electron chi connectivity index (χ2n) is 7.32. The van der Waals surface area contributed by atoms with Gasteiger partial charge in [-0.3, -0.25) is 0 Å². The van der Waals surface area contributed by atoms with Gasteiger partial charge in [-0.05, 0) is 68.6 Å². The number of hydrogen-bond donors (Lipinski definition) is 0. The molecule has 0 unspecified atom stereocenters. The van der Waals surface area contributed by atoms with Crippen molar-refractivity contribution < 1.29 is 13.5 Å². The summed E-state index contributed by atoms with van der Waals surface area (Å²) >= 11 is 0. The number of rotatable bonds is 5. The van der Waals surface area contributed by atoms with Crippen molar-refractivity contribution in [3.63, 3.8) is 0 Å². The van der Waals surface area contributed by atoms with Gasteiger partial charge in [0, 0.05) is 11.5 Å². The Bertz CT molecular complexity index is 742. The number of nitrogens with zero attached hydrogens (tertiary/aromatic N) is 1. The number of aromatic nitrogens is 1. The maximum absolute atomic E-state index is 12.6. The normalized spacial score (nSPS) is 26.9. The van der Waals surface area contributed by atoms with Gasteiger partial charge in [-0.15, -0.1) is 0 Å². The molecule has 2 aromatic rings. The third-order valence-electron chi connectivity index (χ3n) is 5.94. The highest BCUT2D eigenvalue weighted by atomic mass is 19.1. The lowest BCUT2D eigenvalue weighted by Gasteiger charge is -2.44. The van der Waals surface area contributed by atoms with E-state index in [1.165, 1.54) is 38.5 Å². The Kier molecular flexibility index (Phi) is 4.07. The van der Waals surface area contributed by atoms with Crippen molar-refractivity contribution in [3.05, 3.63) is 36.0 Å². The molecule has 0 aliphatic heterocycles. The van der Waals surface area contributed by atoms with Crippen LogP contribution in [0.3, 0.4) is 0 Å². The first-order valence-corrected chi connectivity index (χ1v) is 9.04. The van der Waals surface area contributed by atoms with Crippen LogP contribution in [-0.2, 0) is 5.41 Å². The lowest BCUT2D eigenvalue weighted by Crippen LogP contribution is -2.37. The fourth-order valence-electron chi connectivity index (χ4n) is 4.18. The second kappa shape index (κ2) is 6.23. The Hall–Kier alpha value is -1.84. The molecule has 3 saturated carbocycles. The zero-order valence-corrected chi connectivity index (χ0v) is 14.2. The molecule has 0 spiro atoms. The fourth-order valence-corrected chi connectivity index (χ4v) is 4.18. The highest BCUT2D eigenvalue weighted by Gasteiger charge is 2.45. The van der Waals surface area contributed by atoms with Crippen LogP contribution >= 0.6 is 0 Å². The number of benzene rings is 1. The first-order chi connectivity index (χ1) is 11.7. The molecule has 1 aromatic carbocycles. The first kappa shape index (κ1) is 15.7. The van der Waals surface area contributed by atoms with E-state index in [-0.39, 0.29) is 12.0 Å². The summed E-state index contributed by atoms with van der Waals surface area (Å²) in [5.41, 5.74) is 2.45. The molecular formula is C20H24FNO2. The van der Waals surface area contributed by atoms with Gasteiger partial charge < -0.3 is 9.15 Å². The van der Waals surface area contributed by atoms with Gasteiger partial charge in [0.2, 0.25) is 5.89 Å². The van der Waals surface area contributed by atoms with E-state index in [0.29, 0.717) is 24.1 Å². The van der Waals surface area contributed by atoms with Crippen LogP contribution in [0.4, 0.5) is 4.39 Å². The van der Waals surface area contributed by atoms with Crippen LogP contribution in [-0.4, -0.2) is 11.6 Å². The Balaban J connectivity index is 1.57. The van der Waals surface area contributed by atoms with Gasteiger partial charge in [-0.2, -0.15) is 0 Å². The molecule has 3 aliphatic rings. The summed E-state index contributed by atoms with van der Waals surface area (Å²) in [6.07, 6.45) is 8.81. The Morgan fingerprint density at radius 3 is 2.75 bits per heavy atom. The predicted molar refractivity (Wildman–Crippen MR) is 91.9 cm³/mol. The zero-order valence-electron chi connectivity index (χ0n) is 14.2. The first-order valence-electron chi connectivity index (χ1n) is 9.04. The van der Waals surface area contributed by atoms with Crippen LogP contribution in [0.2, 0.25) is 0 Å². The molecule has 1 aromatic heterocycles. The van der Waals surface area contributed by atoms with Crippen LogP contribution in [0, 0.1) is 5.92 Å². The standard InChI is InChI=1S/C20H24FNO2/c1-2-14(12-21)13-23-16-3-4-17-18(11-16)24-19(22-17)20-8-5-15(6-9-20)7-10-20/h3-4,11-12,15H,2,5-10,13H2,1H3/b14-12+. The van der Waals surface area contributed by atoms with Crippen LogP contribution in [0.5, 0.6) is 5.75 Å². The molecule has 3 aliphatic carbocycles. The van der Waals surface area contributed by atoms with Crippen molar-refractivity contribution in [1.29, 1.82) is 0 Å². The third kappa shape index (κ3) is 2.72. The highest BCUT2D eigenvalue weighted by Crippen LogP contribution is 2.51. The minimum absolute atomic E-state index is 0.154. The predicted octanol–water partition coefficient (Wildman–Crippen LogP) is 5.69. The average molecular weight is 329 g/mol. The molecule has 5 rings (SSSR count). The summed E-state index contributed by atoms with van der Waals surface area (Å²) in [5.74, 6) is 2.53. The summed E-state index contributed by atoms with van der Waals surface area (Å²) in [7, 11) is 0. The molecule has 24 heavy (non-hydrogen) atoms. The smallest absolute Gasteiger partial charge is 0.201 e. The molecule has 3 fully saturated rings. The minimum Gasteiger partial charge on any atom is -0.489 e. The quantitative estimate of drug-likeness (QED) is 0.706. The number of hydrogen-bond acceptors (Lipinski definition) is 3. The number of fused-ring (bicyclic) bond motifs is 4. The topological polar surface area (TPSA) is 35.3 Å². The molecule has 0 saturated heterocycles. The molecule has 0 amide bonds. The number of ether oxygens (including phenoxy) is 1. The van der Waals surface area contributed by atoms with E-state index in [1.54, 1.807) is 0 Å². The van der Waals surface area contributed by atoms with Gasteiger partial charge in [-0.25, -0.2) is 9.37 Å². The summed E-state index contributed by atoms with van der Waals surface area (Å²) in [4.78, 5) is 4.78. The van der Waals surface area contributed by atoms with Crippen LogP contribution in [0.1, 0.15) is 57.8 Å². The van der Waals surface area contributed by atoms with E-state index in [4.69, 9.17) is 14.1 Å². The minimum atomic E-state index is 0.154. The highest BCUT2D eigenvalue weighted by molar-refractivity contribution is 5.74. The van der Waals surface area contributed by atoms with Crippen molar-refractivity contribution in [1.82, 2.24) is 4.98 Å². The SMILES string of the molecule is CC/C(=C\F)COc1ccc2nc(C34CCC(CC3)CC4)oc2c1. The Morgan fingerprint density at radius 1 is 1.33 bits per heavy atom. The van der Waals surface area contributed by atoms with E-state index < -0.39 is 0 Å². The fraction of sp³-hybridized carbons (Fsp3) is 0.550. The van der Waals surface area contributed by atoms with Crippen molar-refractivity contribution in [2.45, 2.75) is 57.3 Å². The maximum atomic E-state index is 12.6. The monoisotopic (exact) mass is 329 g/mol. The summed E-state index contributed by atoms with van der Waals surface area (Å²) in [5, 5.41) is 0. The molecule has 0 radical (unpaired) electrons. The van der Waals surface area contributed by atoms with E-state index in [0.717, 1.165) is 22.9 Å². The average Bonchev–Trinajstić information content (AvgIpc) is 3.08. The maximum Gasteiger partial charge on any atom is 0.201 e. The van der Waals surface area contributed by atoms with Gasteiger partial charge in [-0.1, -0.05) is 6.92 Å². The number of halogens is 1. The van der Waals surface area contributed by atoms with Gasteiger partial charge >= 0.3 is 0 Å². The lowest BCUT2D eigenvalue weighted by atomic mass is 9.60. The molecule has 3 nitrogen and oxygen atoms in total. The van der Waals surface area contributed by atoms with Crippen LogP contribution < -0.4 is 4.74 Å².